The molecule has 23 heavy (non-hydrogen) atoms. The van der Waals surface area contributed by atoms with E-state index in [1.54, 1.807) is 24.3 Å². The zero-order valence-electron chi connectivity index (χ0n) is 12.9. The predicted octanol–water partition coefficient (Wildman–Crippen LogP) is 3.44. The fourth-order valence-corrected chi connectivity index (χ4v) is 3.25. The van der Waals surface area contributed by atoms with Gasteiger partial charge >= 0.3 is 7.60 Å². The van der Waals surface area contributed by atoms with Crippen molar-refractivity contribution in [2.24, 2.45) is 0 Å². The summed E-state index contributed by atoms with van der Waals surface area (Å²) in [7, 11) is -2.27. The third kappa shape index (κ3) is 3.78. The van der Waals surface area contributed by atoms with E-state index in [2.05, 4.69) is 0 Å². The average Bonchev–Trinajstić information content (AvgIpc) is 2.55. The average molecular weight is 334 g/mol. The largest absolute Gasteiger partial charge is 0.389 e. The Kier molecular flexibility index (Phi) is 5.52. The highest BCUT2D eigenvalue weighted by Crippen LogP contribution is 2.57. The second-order valence-corrected chi connectivity index (χ2v) is 6.58. The molecular formula is C17H19O5P. The predicted molar refractivity (Wildman–Crippen MR) is 89.6 cm³/mol. The van der Waals surface area contributed by atoms with E-state index in [1.807, 2.05) is 42.5 Å². The second-order valence-electron chi connectivity index (χ2n) is 4.90. The smallest absolute Gasteiger partial charge is 0.340 e. The Bertz CT molecular complexity index is 700. The monoisotopic (exact) mass is 334 g/mol. The van der Waals surface area contributed by atoms with Gasteiger partial charge in [0, 0.05) is 19.8 Å². The van der Waals surface area contributed by atoms with Crippen molar-refractivity contribution in [3.8, 4) is 0 Å². The minimum atomic E-state index is -4.67. The molecule has 0 saturated heterocycles. The molecule has 5 nitrogen and oxygen atoms in total. The molecule has 0 aliphatic carbocycles. The topological polar surface area (TPSA) is 76.0 Å². The lowest BCUT2D eigenvalue weighted by molar-refractivity contribution is -0.162. The molecule has 2 aromatic carbocycles. The standard InChI is InChI=1S/C17H19O5P/c1-21-17(22-2,23(18,19)20)16-12-10-15(11-13-16)9-8-14-6-4-3-5-7-14/h3-13H,1-2H3,(H2,18,19,20)/b9-8+. The van der Waals surface area contributed by atoms with Crippen LogP contribution in [0.5, 0.6) is 0 Å². The molecule has 0 aromatic heterocycles. The first kappa shape index (κ1) is 17.6. The van der Waals surface area contributed by atoms with Crippen LogP contribution in [0.3, 0.4) is 0 Å². The zero-order chi connectivity index (χ0) is 16.9. The summed E-state index contributed by atoms with van der Waals surface area (Å²) in [5, 5.41) is 0. The van der Waals surface area contributed by atoms with Crippen molar-refractivity contribution in [2.75, 3.05) is 14.2 Å². The molecule has 0 heterocycles. The van der Waals surface area contributed by atoms with E-state index in [1.165, 1.54) is 14.2 Å². The van der Waals surface area contributed by atoms with Gasteiger partial charge < -0.3 is 19.3 Å². The van der Waals surface area contributed by atoms with E-state index in [0.29, 0.717) is 0 Å². The zero-order valence-corrected chi connectivity index (χ0v) is 13.8. The van der Waals surface area contributed by atoms with Gasteiger partial charge in [-0.15, -0.1) is 0 Å². The lowest BCUT2D eigenvalue weighted by Gasteiger charge is -2.31. The van der Waals surface area contributed by atoms with E-state index in [4.69, 9.17) is 9.47 Å². The maximum atomic E-state index is 11.7. The lowest BCUT2D eigenvalue weighted by Crippen LogP contribution is -2.30. The molecule has 0 amide bonds. The van der Waals surface area contributed by atoms with Crippen LogP contribution < -0.4 is 0 Å². The molecule has 2 N–H and O–H groups in total. The van der Waals surface area contributed by atoms with Crippen molar-refractivity contribution >= 4 is 19.7 Å². The van der Waals surface area contributed by atoms with E-state index in [-0.39, 0.29) is 5.56 Å². The van der Waals surface area contributed by atoms with Gasteiger partial charge in [-0.05, 0) is 11.1 Å². The van der Waals surface area contributed by atoms with Crippen molar-refractivity contribution in [2.45, 2.75) is 5.53 Å². The summed E-state index contributed by atoms with van der Waals surface area (Å²) in [6.45, 7) is 0. The third-order valence-corrected chi connectivity index (χ3v) is 4.87. The van der Waals surface area contributed by atoms with Gasteiger partial charge in [0.15, 0.2) is 0 Å². The van der Waals surface area contributed by atoms with Crippen LogP contribution >= 0.6 is 7.60 Å². The Labute approximate surface area is 135 Å². The van der Waals surface area contributed by atoms with Gasteiger partial charge in [0.2, 0.25) is 0 Å². The molecule has 0 bridgehead atoms. The molecule has 0 saturated carbocycles. The Morgan fingerprint density at radius 3 is 1.78 bits per heavy atom. The highest BCUT2D eigenvalue weighted by atomic mass is 31.2. The molecular weight excluding hydrogens is 315 g/mol. The SMILES string of the molecule is COC(OC)(c1ccc(/C=C/c2ccccc2)cc1)P(=O)(O)O. The first-order valence-electron chi connectivity index (χ1n) is 6.92. The Morgan fingerprint density at radius 2 is 1.35 bits per heavy atom. The summed E-state index contributed by atoms with van der Waals surface area (Å²) in [5.74, 6) is 0. The number of rotatable bonds is 6. The molecule has 0 spiro atoms. The molecule has 6 heteroatoms. The van der Waals surface area contributed by atoms with Gasteiger partial charge in [-0.3, -0.25) is 4.57 Å². The number of methoxy groups -OCH3 is 2. The Balaban J connectivity index is 2.28. The quantitative estimate of drug-likeness (QED) is 0.481. The van der Waals surface area contributed by atoms with Crippen molar-refractivity contribution in [1.29, 1.82) is 0 Å². The van der Waals surface area contributed by atoms with E-state index < -0.39 is 13.1 Å². The third-order valence-electron chi connectivity index (χ3n) is 3.48. The first-order chi connectivity index (χ1) is 10.9. The number of hydrogen-bond acceptors (Lipinski definition) is 3. The molecule has 0 unspecified atom stereocenters. The summed E-state index contributed by atoms with van der Waals surface area (Å²) < 4.78 is 21.7. The summed E-state index contributed by atoms with van der Waals surface area (Å²) in [5.41, 5.74) is 0.126. The van der Waals surface area contributed by atoms with Crippen LogP contribution in [-0.2, 0) is 19.6 Å². The number of hydrogen-bond donors (Lipinski definition) is 2. The molecule has 0 radical (unpaired) electrons. The van der Waals surface area contributed by atoms with Crippen molar-refractivity contribution in [1.82, 2.24) is 0 Å². The molecule has 0 atom stereocenters. The summed E-state index contributed by atoms with van der Waals surface area (Å²) in [6.07, 6.45) is 3.87. The van der Waals surface area contributed by atoms with E-state index in [0.717, 1.165) is 11.1 Å². The molecule has 0 aliphatic rings. The maximum absolute atomic E-state index is 11.7. The van der Waals surface area contributed by atoms with Gasteiger partial charge in [-0.2, -0.15) is 0 Å². The van der Waals surface area contributed by atoms with Gasteiger partial charge in [0.05, 0.1) is 0 Å². The van der Waals surface area contributed by atoms with E-state index >= 15 is 0 Å². The Morgan fingerprint density at radius 1 is 0.870 bits per heavy atom. The van der Waals surface area contributed by atoms with Crippen LogP contribution in [-0.4, -0.2) is 24.0 Å². The van der Waals surface area contributed by atoms with Crippen LogP contribution in [0.2, 0.25) is 0 Å². The fraction of sp³-hybridized carbons (Fsp3) is 0.176. The molecule has 0 aliphatic heterocycles. The molecule has 0 fully saturated rings. The van der Waals surface area contributed by atoms with Crippen LogP contribution in [0.15, 0.2) is 54.6 Å². The van der Waals surface area contributed by atoms with Crippen molar-refractivity contribution in [3.05, 3.63) is 71.3 Å². The first-order valence-corrected chi connectivity index (χ1v) is 8.54. The highest BCUT2D eigenvalue weighted by molar-refractivity contribution is 7.52. The van der Waals surface area contributed by atoms with Crippen LogP contribution in [0.1, 0.15) is 16.7 Å². The highest BCUT2D eigenvalue weighted by Gasteiger charge is 2.50. The molecule has 2 aromatic rings. The Hall–Kier alpha value is -1.75. The minimum Gasteiger partial charge on any atom is -0.340 e. The minimum absolute atomic E-state index is 0.257. The number of ether oxygens (including phenoxy) is 2. The van der Waals surface area contributed by atoms with Crippen LogP contribution in [0.4, 0.5) is 0 Å². The van der Waals surface area contributed by atoms with Crippen LogP contribution in [0, 0.1) is 0 Å². The van der Waals surface area contributed by atoms with Gasteiger partial charge in [0.25, 0.3) is 5.53 Å². The van der Waals surface area contributed by atoms with Gasteiger partial charge in [0.1, 0.15) is 0 Å². The summed E-state index contributed by atoms with van der Waals surface area (Å²) >= 11 is 0. The fourth-order valence-electron chi connectivity index (χ4n) is 2.29. The second kappa shape index (κ2) is 7.21. The van der Waals surface area contributed by atoms with Gasteiger partial charge in [-0.25, -0.2) is 0 Å². The maximum Gasteiger partial charge on any atom is 0.389 e. The molecule has 2 rings (SSSR count). The van der Waals surface area contributed by atoms with E-state index in [9.17, 15) is 14.4 Å². The van der Waals surface area contributed by atoms with Crippen molar-refractivity contribution < 1.29 is 23.8 Å². The van der Waals surface area contributed by atoms with Crippen LogP contribution in [0.25, 0.3) is 12.2 Å². The normalized spacial score (nSPS) is 12.7. The lowest BCUT2D eigenvalue weighted by atomic mass is 10.1. The van der Waals surface area contributed by atoms with Gasteiger partial charge in [-0.1, -0.05) is 66.7 Å². The summed E-state index contributed by atoms with van der Waals surface area (Å²) in [4.78, 5) is 19.1. The van der Waals surface area contributed by atoms with Crippen molar-refractivity contribution in [3.63, 3.8) is 0 Å². The summed E-state index contributed by atoms with van der Waals surface area (Å²) in [6, 6.07) is 16.5. The molecule has 122 valence electrons. The number of benzene rings is 2.